The van der Waals surface area contributed by atoms with Crippen LogP contribution < -0.4 is 0 Å². The molecule has 0 fully saturated rings. The molecular weight excluding hydrogens is 261 g/mol. The lowest BCUT2D eigenvalue weighted by Gasteiger charge is -2.01. The van der Waals surface area contributed by atoms with Gasteiger partial charge in [0, 0.05) is 5.33 Å². The normalized spacial score (nSPS) is 10.6. The molecule has 0 radical (unpaired) electrons. The van der Waals surface area contributed by atoms with Gasteiger partial charge in [-0.05, 0) is 24.6 Å². The Bertz CT molecular complexity index is 481. The van der Waals surface area contributed by atoms with E-state index in [1.54, 1.807) is 23.9 Å². The summed E-state index contributed by atoms with van der Waals surface area (Å²) < 4.78 is 14.8. The lowest BCUT2D eigenvalue weighted by molar-refractivity contribution is 0.615. The fourth-order valence-corrected chi connectivity index (χ4v) is 1.47. The minimum atomic E-state index is -0.233. The highest BCUT2D eigenvalue weighted by Crippen LogP contribution is 2.13. The van der Waals surface area contributed by atoms with E-state index in [1.165, 1.54) is 6.07 Å². The van der Waals surface area contributed by atoms with Crippen molar-refractivity contribution in [1.29, 1.82) is 0 Å². The number of hydrogen-bond donors (Lipinski definition) is 0. The molecule has 0 saturated carbocycles. The molecule has 1 aromatic carbocycles. The van der Waals surface area contributed by atoms with Crippen molar-refractivity contribution in [1.82, 2.24) is 15.0 Å². The lowest BCUT2D eigenvalue weighted by Crippen LogP contribution is -1.96. The molecule has 5 heteroatoms. The van der Waals surface area contributed by atoms with Crippen LogP contribution in [0.4, 0.5) is 4.39 Å². The number of hydrogen-bond acceptors (Lipinski definition) is 2. The highest BCUT2D eigenvalue weighted by atomic mass is 79.9. The first-order valence-electron chi connectivity index (χ1n) is 4.44. The van der Waals surface area contributed by atoms with Crippen molar-refractivity contribution in [2.24, 2.45) is 0 Å². The minimum Gasteiger partial charge on any atom is -0.220 e. The number of halogens is 2. The van der Waals surface area contributed by atoms with Gasteiger partial charge in [0.05, 0.1) is 17.6 Å². The maximum atomic E-state index is 13.3. The van der Waals surface area contributed by atoms with Crippen LogP contribution in [0.3, 0.4) is 0 Å². The first kappa shape index (κ1) is 10.3. The maximum absolute atomic E-state index is 13.3. The van der Waals surface area contributed by atoms with Gasteiger partial charge in [-0.3, -0.25) is 0 Å². The molecule has 0 amide bonds. The van der Waals surface area contributed by atoms with Crippen molar-refractivity contribution in [2.75, 3.05) is 0 Å². The smallest absolute Gasteiger partial charge is 0.128 e. The van der Waals surface area contributed by atoms with Crippen LogP contribution in [0.1, 0.15) is 11.3 Å². The molecule has 0 saturated heterocycles. The summed E-state index contributed by atoms with van der Waals surface area (Å²) >= 11 is 3.28. The minimum absolute atomic E-state index is 0.233. The summed E-state index contributed by atoms with van der Waals surface area (Å²) in [6.07, 6.45) is 1.76. The van der Waals surface area contributed by atoms with Crippen LogP contribution in [0, 0.1) is 12.7 Å². The summed E-state index contributed by atoms with van der Waals surface area (Å²) in [6, 6.07) is 4.98. The van der Waals surface area contributed by atoms with E-state index in [-0.39, 0.29) is 5.82 Å². The molecule has 0 unspecified atom stereocenters. The van der Waals surface area contributed by atoms with Gasteiger partial charge in [0.2, 0.25) is 0 Å². The van der Waals surface area contributed by atoms with E-state index in [1.807, 2.05) is 6.07 Å². The van der Waals surface area contributed by atoms with Crippen molar-refractivity contribution in [3.05, 3.63) is 41.5 Å². The number of nitrogens with zero attached hydrogens (tertiary/aromatic N) is 3. The fourth-order valence-electron chi connectivity index (χ4n) is 1.21. The molecule has 0 N–H and O–H groups in total. The third kappa shape index (κ3) is 2.07. The zero-order valence-electron chi connectivity index (χ0n) is 8.11. The van der Waals surface area contributed by atoms with Crippen LogP contribution in [-0.4, -0.2) is 15.0 Å². The number of benzene rings is 1. The number of aromatic nitrogens is 3. The van der Waals surface area contributed by atoms with Gasteiger partial charge in [0.1, 0.15) is 5.82 Å². The van der Waals surface area contributed by atoms with Crippen LogP contribution in [0.25, 0.3) is 5.69 Å². The van der Waals surface area contributed by atoms with E-state index < -0.39 is 0 Å². The SMILES string of the molecule is Cc1ccc(-n2cc(CBr)nn2)cc1F. The largest absolute Gasteiger partial charge is 0.220 e. The third-order valence-electron chi connectivity index (χ3n) is 2.10. The van der Waals surface area contributed by atoms with Gasteiger partial charge in [-0.2, -0.15) is 0 Å². The Morgan fingerprint density at radius 2 is 2.27 bits per heavy atom. The van der Waals surface area contributed by atoms with E-state index in [0.717, 1.165) is 5.69 Å². The number of aryl methyl sites for hydroxylation is 1. The molecule has 15 heavy (non-hydrogen) atoms. The molecule has 0 spiro atoms. The Hall–Kier alpha value is -1.23. The maximum Gasteiger partial charge on any atom is 0.128 e. The zero-order valence-corrected chi connectivity index (χ0v) is 9.70. The molecule has 2 aromatic rings. The molecule has 2 rings (SSSR count). The average molecular weight is 270 g/mol. The van der Waals surface area contributed by atoms with Gasteiger partial charge < -0.3 is 0 Å². The molecule has 1 aromatic heterocycles. The van der Waals surface area contributed by atoms with Crippen molar-refractivity contribution < 1.29 is 4.39 Å². The van der Waals surface area contributed by atoms with Crippen LogP contribution in [0.15, 0.2) is 24.4 Å². The van der Waals surface area contributed by atoms with Crippen molar-refractivity contribution in [2.45, 2.75) is 12.3 Å². The van der Waals surface area contributed by atoms with E-state index in [9.17, 15) is 4.39 Å². The Morgan fingerprint density at radius 3 is 2.87 bits per heavy atom. The van der Waals surface area contributed by atoms with Crippen LogP contribution in [-0.2, 0) is 5.33 Å². The second kappa shape index (κ2) is 4.10. The highest BCUT2D eigenvalue weighted by molar-refractivity contribution is 9.08. The topological polar surface area (TPSA) is 30.7 Å². The predicted molar refractivity (Wildman–Crippen MR) is 58.7 cm³/mol. The molecule has 0 atom stereocenters. The Kier molecular flexibility index (Phi) is 2.81. The molecule has 0 aliphatic heterocycles. The molecular formula is C10H9BrFN3. The van der Waals surface area contributed by atoms with Crippen molar-refractivity contribution >= 4 is 15.9 Å². The third-order valence-corrected chi connectivity index (χ3v) is 2.67. The van der Waals surface area contributed by atoms with Gasteiger partial charge >= 0.3 is 0 Å². The summed E-state index contributed by atoms with van der Waals surface area (Å²) in [5, 5.41) is 8.45. The standard InChI is InChI=1S/C10H9BrFN3/c1-7-2-3-9(4-10(7)12)15-6-8(5-11)13-14-15/h2-4,6H,5H2,1H3. The van der Waals surface area contributed by atoms with Crippen LogP contribution in [0.2, 0.25) is 0 Å². The van der Waals surface area contributed by atoms with Gasteiger partial charge in [0.15, 0.2) is 0 Å². The first-order valence-corrected chi connectivity index (χ1v) is 5.56. The van der Waals surface area contributed by atoms with E-state index in [0.29, 0.717) is 16.6 Å². The molecule has 78 valence electrons. The molecule has 3 nitrogen and oxygen atoms in total. The van der Waals surface area contributed by atoms with Gasteiger partial charge in [0.25, 0.3) is 0 Å². The second-order valence-corrected chi connectivity index (χ2v) is 3.78. The van der Waals surface area contributed by atoms with E-state index >= 15 is 0 Å². The van der Waals surface area contributed by atoms with Crippen molar-refractivity contribution in [3.63, 3.8) is 0 Å². The monoisotopic (exact) mass is 269 g/mol. The van der Waals surface area contributed by atoms with Crippen LogP contribution >= 0.6 is 15.9 Å². The average Bonchev–Trinajstić information content (AvgIpc) is 2.70. The predicted octanol–water partition coefficient (Wildman–Crippen LogP) is 2.61. The van der Waals surface area contributed by atoms with Gasteiger partial charge in [-0.15, -0.1) is 5.10 Å². The summed E-state index contributed by atoms with van der Waals surface area (Å²) in [4.78, 5) is 0. The van der Waals surface area contributed by atoms with Gasteiger partial charge in [-0.1, -0.05) is 27.2 Å². The summed E-state index contributed by atoms with van der Waals surface area (Å²) in [5.41, 5.74) is 2.12. The van der Waals surface area contributed by atoms with Gasteiger partial charge in [-0.25, -0.2) is 9.07 Å². The Morgan fingerprint density at radius 1 is 1.47 bits per heavy atom. The number of rotatable bonds is 2. The van der Waals surface area contributed by atoms with Crippen molar-refractivity contribution in [3.8, 4) is 5.69 Å². The Balaban J connectivity index is 2.40. The second-order valence-electron chi connectivity index (χ2n) is 3.22. The lowest BCUT2D eigenvalue weighted by atomic mass is 10.2. The molecule has 1 heterocycles. The fraction of sp³-hybridized carbons (Fsp3) is 0.200. The quantitative estimate of drug-likeness (QED) is 0.785. The van der Waals surface area contributed by atoms with E-state index in [2.05, 4.69) is 26.2 Å². The summed E-state index contributed by atoms with van der Waals surface area (Å²) in [6.45, 7) is 1.73. The molecule has 0 bridgehead atoms. The molecule has 0 aliphatic rings. The first-order chi connectivity index (χ1) is 7.20. The zero-order chi connectivity index (χ0) is 10.8. The van der Waals surface area contributed by atoms with E-state index in [4.69, 9.17) is 0 Å². The molecule has 0 aliphatic carbocycles. The number of alkyl halides is 1. The highest BCUT2D eigenvalue weighted by Gasteiger charge is 2.04. The summed E-state index contributed by atoms with van der Waals surface area (Å²) in [7, 11) is 0. The van der Waals surface area contributed by atoms with Crippen LogP contribution in [0.5, 0.6) is 0 Å². The Labute approximate surface area is 95.0 Å². The summed E-state index contributed by atoms with van der Waals surface area (Å²) in [5.74, 6) is -0.233.